The molecule has 3 aromatic rings. The zero-order valence-electron chi connectivity index (χ0n) is 17.8. The molecular formula is C25H27ClN2O3. The summed E-state index contributed by atoms with van der Waals surface area (Å²) >= 11 is 0. The van der Waals surface area contributed by atoms with Crippen LogP contribution in [0, 0.1) is 6.92 Å². The molecule has 0 amide bonds. The van der Waals surface area contributed by atoms with Gasteiger partial charge in [0.25, 0.3) is 0 Å². The third-order valence-electron chi connectivity index (χ3n) is 5.35. The second kappa shape index (κ2) is 10.4. The lowest BCUT2D eigenvalue weighted by Crippen LogP contribution is -2.26. The Hall–Kier alpha value is -2.89. The molecule has 0 atom stereocenters. The van der Waals surface area contributed by atoms with Gasteiger partial charge < -0.3 is 14.5 Å². The fourth-order valence-electron chi connectivity index (χ4n) is 3.75. The number of hydrogen-bond donors (Lipinski definition) is 1. The molecule has 1 aliphatic rings. The van der Waals surface area contributed by atoms with Gasteiger partial charge in [-0.1, -0.05) is 30.3 Å². The number of aromatic nitrogens is 1. The summed E-state index contributed by atoms with van der Waals surface area (Å²) in [7, 11) is 0. The number of hydrogen-bond acceptors (Lipinski definition) is 5. The van der Waals surface area contributed by atoms with E-state index in [9.17, 15) is 4.79 Å². The second-order valence-electron chi connectivity index (χ2n) is 7.45. The molecule has 1 aromatic heterocycles. The Morgan fingerprint density at radius 3 is 2.68 bits per heavy atom. The normalized spacial score (nSPS) is 13.6. The predicted molar refractivity (Wildman–Crippen MR) is 125 cm³/mol. The highest BCUT2D eigenvalue weighted by atomic mass is 35.5. The first-order chi connectivity index (χ1) is 14.6. The molecule has 31 heavy (non-hydrogen) atoms. The van der Waals surface area contributed by atoms with Crippen molar-refractivity contribution in [3.05, 3.63) is 77.2 Å². The van der Waals surface area contributed by atoms with E-state index < -0.39 is 0 Å². The van der Waals surface area contributed by atoms with Crippen molar-refractivity contribution in [3.63, 3.8) is 0 Å². The maximum Gasteiger partial charge on any atom is 0.226 e. The van der Waals surface area contributed by atoms with Gasteiger partial charge in [-0.2, -0.15) is 0 Å². The summed E-state index contributed by atoms with van der Waals surface area (Å²) in [6.45, 7) is 5.63. The first kappa shape index (κ1) is 22.8. The van der Waals surface area contributed by atoms with Gasteiger partial charge in [0.2, 0.25) is 5.89 Å². The van der Waals surface area contributed by atoms with E-state index in [4.69, 9.17) is 9.15 Å². The quantitative estimate of drug-likeness (QED) is 0.560. The summed E-state index contributed by atoms with van der Waals surface area (Å²) in [6.07, 6.45) is 1.43. The monoisotopic (exact) mass is 438 g/mol. The minimum atomic E-state index is 0. The molecule has 0 bridgehead atoms. The maximum atomic E-state index is 12.0. The number of nitrogens with one attached hydrogen (secondary N) is 1. The Labute approximate surface area is 188 Å². The molecule has 2 aromatic carbocycles. The van der Waals surface area contributed by atoms with E-state index in [1.165, 1.54) is 0 Å². The third kappa shape index (κ3) is 5.43. The lowest BCUT2D eigenvalue weighted by molar-refractivity contribution is -0.113. The van der Waals surface area contributed by atoms with Crippen molar-refractivity contribution < 1.29 is 13.9 Å². The van der Waals surface area contributed by atoms with Crippen molar-refractivity contribution in [1.29, 1.82) is 0 Å². The average molecular weight is 439 g/mol. The van der Waals surface area contributed by atoms with E-state index >= 15 is 0 Å². The number of halogens is 1. The molecule has 6 heteroatoms. The fraction of sp³-hybridized carbons (Fsp3) is 0.280. The SMILES string of the molecule is CC(=O)C1=C(c2cccc(OCCc3nc(-c4ccccc4)oc3C)c2)CNCC1.Cl. The molecule has 0 spiro atoms. The second-order valence-corrected chi connectivity index (χ2v) is 7.45. The summed E-state index contributed by atoms with van der Waals surface area (Å²) in [4.78, 5) is 16.6. The molecule has 0 saturated heterocycles. The summed E-state index contributed by atoms with van der Waals surface area (Å²) < 4.78 is 11.8. The molecule has 0 radical (unpaired) electrons. The number of oxazole rings is 1. The van der Waals surface area contributed by atoms with Crippen LogP contribution in [-0.4, -0.2) is 30.5 Å². The van der Waals surface area contributed by atoms with Crippen molar-refractivity contribution in [3.8, 4) is 17.2 Å². The lowest BCUT2D eigenvalue weighted by Gasteiger charge is -2.20. The van der Waals surface area contributed by atoms with Gasteiger partial charge in [-0.3, -0.25) is 4.79 Å². The van der Waals surface area contributed by atoms with Crippen molar-refractivity contribution in [2.24, 2.45) is 0 Å². The first-order valence-electron chi connectivity index (χ1n) is 10.3. The largest absolute Gasteiger partial charge is 0.493 e. The lowest BCUT2D eigenvalue weighted by atomic mass is 9.93. The van der Waals surface area contributed by atoms with Gasteiger partial charge in [0, 0.05) is 24.1 Å². The van der Waals surface area contributed by atoms with E-state index in [0.717, 1.165) is 52.4 Å². The predicted octanol–water partition coefficient (Wildman–Crippen LogP) is 5.03. The Morgan fingerprint density at radius 2 is 1.90 bits per heavy atom. The maximum absolute atomic E-state index is 12.0. The standard InChI is InChI=1S/C25H26N2O3.ClH/c1-17(28)22-11-13-26-16-23(22)20-9-6-10-21(15-20)29-14-12-24-18(2)30-25(27-24)19-7-4-3-5-8-19;/h3-10,15,26H,11-14,16H2,1-2H3;1H. The molecule has 1 N–H and O–H groups in total. The van der Waals surface area contributed by atoms with Crippen LogP contribution >= 0.6 is 12.4 Å². The highest BCUT2D eigenvalue weighted by molar-refractivity contribution is 6.01. The van der Waals surface area contributed by atoms with Crippen LogP contribution < -0.4 is 10.1 Å². The number of benzene rings is 2. The van der Waals surface area contributed by atoms with Gasteiger partial charge in [-0.15, -0.1) is 12.4 Å². The van der Waals surface area contributed by atoms with Gasteiger partial charge in [-0.25, -0.2) is 4.98 Å². The van der Waals surface area contributed by atoms with Crippen LogP contribution in [0.4, 0.5) is 0 Å². The molecule has 1 aliphatic heterocycles. The van der Waals surface area contributed by atoms with Crippen LogP contribution in [0.5, 0.6) is 5.75 Å². The first-order valence-corrected chi connectivity index (χ1v) is 10.3. The molecule has 0 saturated carbocycles. The molecule has 0 fully saturated rings. The molecule has 5 nitrogen and oxygen atoms in total. The van der Waals surface area contributed by atoms with Crippen LogP contribution in [-0.2, 0) is 11.2 Å². The highest BCUT2D eigenvalue weighted by Gasteiger charge is 2.17. The molecular weight excluding hydrogens is 412 g/mol. The number of ether oxygens (including phenoxy) is 1. The van der Waals surface area contributed by atoms with Gasteiger partial charge in [-0.05, 0) is 62.2 Å². The van der Waals surface area contributed by atoms with E-state index in [1.807, 2.05) is 61.5 Å². The summed E-state index contributed by atoms with van der Waals surface area (Å²) in [5.41, 5.74) is 4.89. The van der Waals surface area contributed by atoms with Crippen LogP contribution in [0.25, 0.3) is 17.0 Å². The van der Waals surface area contributed by atoms with Crippen LogP contribution in [0.15, 0.2) is 64.6 Å². The van der Waals surface area contributed by atoms with Crippen molar-refractivity contribution in [2.75, 3.05) is 19.7 Å². The summed E-state index contributed by atoms with van der Waals surface area (Å²) in [6, 6.07) is 17.8. The van der Waals surface area contributed by atoms with E-state index in [0.29, 0.717) is 25.5 Å². The zero-order valence-corrected chi connectivity index (χ0v) is 18.6. The topological polar surface area (TPSA) is 64.4 Å². The van der Waals surface area contributed by atoms with E-state index in [-0.39, 0.29) is 18.2 Å². The molecule has 162 valence electrons. The number of carbonyl (C=O) groups is 1. The molecule has 4 rings (SSSR count). The number of aryl methyl sites for hydroxylation is 1. The zero-order chi connectivity index (χ0) is 20.9. The summed E-state index contributed by atoms with van der Waals surface area (Å²) in [5, 5.41) is 3.35. The van der Waals surface area contributed by atoms with Gasteiger partial charge >= 0.3 is 0 Å². The van der Waals surface area contributed by atoms with Crippen LogP contribution in [0.3, 0.4) is 0 Å². The van der Waals surface area contributed by atoms with Crippen LogP contribution in [0.1, 0.15) is 30.4 Å². The van der Waals surface area contributed by atoms with Crippen molar-refractivity contribution in [2.45, 2.75) is 26.7 Å². The van der Waals surface area contributed by atoms with Crippen molar-refractivity contribution >= 4 is 23.8 Å². The number of carbonyl (C=O) groups excluding carboxylic acids is 1. The highest BCUT2D eigenvalue weighted by Crippen LogP contribution is 2.27. The number of Topliss-reactive ketones (excluding diaryl/α,β-unsaturated/α-hetero) is 1. The average Bonchev–Trinajstić information content (AvgIpc) is 3.15. The number of ketones is 1. The molecule has 2 heterocycles. The molecule has 0 unspecified atom stereocenters. The van der Waals surface area contributed by atoms with Gasteiger partial charge in [0.15, 0.2) is 5.78 Å². The molecule has 0 aliphatic carbocycles. The third-order valence-corrected chi connectivity index (χ3v) is 5.35. The van der Waals surface area contributed by atoms with Gasteiger partial charge in [0.05, 0.1) is 12.3 Å². The number of rotatable bonds is 7. The van der Waals surface area contributed by atoms with Gasteiger partial charge in [0.1, 0.15) is 11.5 Å². The van der Waals surface area contributed by atoms with E-state index in [2.05, 4.69) is 10.3 Å². The smallest absolute Gasteiger partial charge is 0.226 e. The Kier molecular flexibility index (Phi) is 7.66. The fourth-order valence-corrected chi connectivity index (χ4v) is 3.75. The van der Waals surface area contributed by atoms with Crippen LogP contribution in [0.2, 0.25) is 0 Å². The number of nitrogens with zero attached hydrogens (tertiary/aromatic N) is 1. The van der Waals surface area contributed by atoms with Crippen molar-refractivity contribution in [1.82, 2.24) is 10.3 Å². The summed E-state index contributed by atoms with van der Waals surface area (Å²) in [5.74, 6) is 2.39. The Balaban J connectivity index is 0.00000272. The Bertz CT molecular complexity index is 1070. The van der Waals surface area contributed by atoms with E-state index in [1.54, 1.807) is 6.92 Å². The minimum absolute atomic E-state index is 0. The Morgan fingerprint density at radius 1 is 1.13 bits per heavy atom. The minimum Gasteiger partial charge on any atom is -0.493 e.